The molecule has 1 amide bonds. The molecule has 2 rings (SSSR count). The minimum atomic E-state index is -0.454. The maximum Gasteiger partial charge on any atom is 0.441 e. The van der Waals surface area contributed by atoms with E-state index < -0.39 is 5.63 Å². The molecule has 0 bridgehead atoms. The monoisotopic (exact) mass is 348 g/mol. The number of amides is 1. The van der Waals surface area contributed by atoms with Gasteiger partial charge in [0.1, 0.15) is 0 Å². The molecule has 2 N–H and O–H groups in total. The quantitative estimate of drug-likeness (QED) is 0.641. The molecule has 21 heavy (non-hydrogen) atoms. The number of carbonyl (C=O) groups is 1. The Morgan fingerprint density at radius 2 is 2.05 bits per heavy atom. The van der Waals surface area contributed by atoms with Gasteiger partial charge in [-0.05, 0) is 35.2 Å². The first-order valence-corrected chi connectivity index (χ1v) is 7.66. The zero-order chi connectivity index (χ0) is 15.4. The Kier molecular flexibility index (Phi) is 5.33. The third-order valence-corrected chi connectivity index (χ3v) is 4.03. The molecule has 0 unspecified atom stereocenters. The van der Waals surface area contributed by atoms with Crippen LogP contribution in [0.1, 0.15) is 6.42 Å². The van der Waals surface area contributed by atoms with E-state index in [-0.39, 0.29) is 12.3 Å². The Balaban J connectivity index is 1.86. The van der Waals surface area contributed by atoms with E-state index in [1.165, 1.54) is 16.4 Å². The van der Waals surface area contributed by atoms with Crippen molar-refractivity contribution >= 4 is 46.6 Å². The van der Waals surface area contributed by atoms with Crippen molar-refractivity contribution < 1.29 is 14.0 Å². The van der Waals surface area contributed by atoms with Crippen LogP contribution in [0.4, 0.5) is 5.69 Å². The van der Waals surface area contributed by atoms with Crippen LogP contribution in [-0.2, 0) is 11.8 Å². The molecule has 0 aliphatic rings. The SMILES string of the molecule is C[n+]1[nH]oc(=O)c1SCCC(=O)Nc1cc(Cl)cc(Cl)c1. The standard InChI is InChI=1S/C12H11Cl2N3O3S/c1-17-11(12(19)20-16-17)21-3-2-10(18)15-9-5-7(13)4-8(14)6-9/h4-6H,2-3H2,1H3,(H-,15,16,18,19)/p+1. The number of carbonyl (C=O) groups excluding carboxylic acids is 1. The summed E-state index contributed by atoms with van der Waals surface area (Å²) in [5.41, 5.74) is 0.0822. The van der Waals surface area contributed by atoms with Gasteiger partial charge in [-0.1, -0.05) is 27.9 Å². The maximum absolute atomic E-state index is 11.8. The lowest BCUT2D eigenvalue weighted by atomic mass is 10.3. The highest BCUT2D eigenvalue weighted by atomic mass is 35.5. The smallest absolute Gasteiger partial charge is 0.326 e. The number of hydrogen-bond donors (Lipinski definition) is 2. The number of nitrogens with zero attached hydrogens (tertiary/aromatic N) is 1. The van der Waals surface area contributed by atoms with Crippen molar-refractivity contribution in [3.05, 3.63) is 38.7 Å². The number of aromatic nitrogens is 2. The van der Waals surface area contributed by atoms with Gasteiger partial charge in [-0.25, -0.2) is 4.79 Å². The number of benzene rings is 1. The number of aromatic amines is 1. The summed E-state index contributed by atoms with van der Waals surface area (Å²) in [7, 11) is 1.65. The Morgan fingerprint density at radius 1 is 1.38 bits per heavy atom. The first kappa shape index (κ1) is 15.9. The van der Waals surface area contributed by atoms with Crippen LogP contribution in [0.3, 0.4) is 0 Å². The minimum Gasteiger partial charge on any atom is -0.326 e. The second-order valence-corrected chi connectivity index (χ2v) is 6.11. The molecular formula is C12H12Cl2N3O3S+. The second kappa shape index (κ2) is 7.02. The van der Waals surface area contributed by atoms with Crippen LogP contribution in [0.15, 0.2) is 32.5 Å². The molecule has 9 heteroatoms. The molecular weight excluding hydrogens is 337 g/mol. The number of rotatable bonds is 5. The third-order valence-electron chi connectivity index (χ3n) is 2.47. The van der Waals surface area contributed by atoms with Crippen molar-refractivity contribution in [2.45, 2.75) is 11.4 Å². The lowest BCUT2D eigenvalue weighted by Crippen LogP contribution is -2.33. The topological polar surface area (TPSA) is 79.0 Å². The van der Waals surface area contributed by atoms with Crippen molar-refractivity contribution in [3.63, 3.8) is 0 Å². The van der Waals surface area contributed by atoms with Crippen molar-refractivity contribution in [2.75, 3.05) is 11.1 Å². The van der Waals surface area contributed by atoms with Crippen molar-refractivity contribution in [1.82, 2.24) is 5.27 Å². The minimum absolute atomic E-state index is 0.191. The first-order chi connectivity index (χ1) is 9.95. The fourth-order valence-electron chi connectivity index (χ4n) is 1.58. The van der Waals surface area contributed by atoms with Crippen LogP contribution in [0, 0.1) is 0 Å². The summed E-state index contributed by atoms with van der Waals surface area (Å²) in [4.78, 5) is 23.1. The van der Waals surface area contributed by atoms with Crippen LogP contribution in [0.2, 0.25) is 10.0 Å². The summed E-state index contributed by atoms with van der Waals surface area (Å²) in [5, 5.41) is 6.41. The summed E-state index contributed by atoms with van der Waals surface area (Å²) in [6, 6.07) is 4.80. The number of hydrogen-bond acceptors (Lipinski definition) is 4. The highest BCUT2D eigenvalue weighted by Crippen LogP contribution is 2.22. The second-order valence-electron chi connectivity index (χ2n) is 4.15. The number of nitrogens with one attached hydrogen (secondary N) is 2. The van der Waals surface area contributed by atoms with E-state index in [1.807, 2.05) is 0 Å². The molecule has 0 saturated carbocycles. The molecule has 6 nitrogen and oxygen atoms in total. The largest absolute Gasteiger partial charge is 0.441 e. The average molecular weight is 349 g/mol. The average Bonchev–Trinajstić information content (AvgIpc) is 2.69. The molecule has 112 valence electrons. The summed E-state index contributed by atoms with van der Waals surface area (Å²) < 4.78 is 6.07. The zero-order valence-corrected chi connectivity index (χ0v) is 13.3. The van der Waals surface area contributed by atoms with E-state index in [9.17, 15) is 9.59 Å². The number of halogens is 2. The Labute approximate surface area is 134 Å². The van der Waals surface area contributed by atoms with Gasteiger partial charge < -0.3 is 5.32 Å². The van der Waals surface area contributed by atoms with Crippen molar-refractivity contribution in [2.24, 2.45) is 7.05 Å². The fourth-order valence-corrected chi connectivity index (χ4v) is 2.97. The van der Waals surface area contributed by atoms with Crippen molar-refractivity contribution in [3.8, 4) is 0 Å². The molecule has 0 radical (unpaired) electrons. The Hall–Kier alpha value is -1.44. The lowest BCUT2D eigenvalue weighted by molar-refractivity contribution is -0.772. The predicted molar refractivity (Wildman–Crippen MR) is 80.9 cm³/mol. The van der Waals surface area contributed by atoms with E-state index in [0.29, 0.717) is 26.5 Å². The first-order valence-electron chi connectivity index (χ1n) is 5.92. The van der Waals surface area contributed by atoms with Crippen LogP contribution < -0.4 is 15.6 Å². The van der Waals surface area contributed by atoms with Gasteiger partial charge in [0.05, 0.1) is 0 Å². The summed E-state index contributed by atoms with van der Waals surface area (Å²) in [6.07, 6.45) is 0.236. The Bertz CT molecular complexity index is 694. The maximum atomic E-state index is 11.8. The van der Waals surface area contributed by atoms with Gasteiger partial charge in [-0.15, -0.1) is 0 Å². The van der Waals surface area contributed by atoms with Gasteiger partial charge in [0.2, 0.25) is 5.91 Å². The summed E-state index contributed by atoms with van der Waals surface area (Å²) >= 11 is 12.9. The number of anilines is 1. The van der Waals surface area contributed by atoms with E-state index in [0.717, 1.165) is 0 Å². The van der Waals surface area contributed by atoms with Gasteiger partial charge >= 0.3 is 10.7 Å². The van der Waals surface area contributed by atoms with Gasteiger partial charge in [0.25, 0.3) is 0 Å². The number of thioether (sulfide) groups is 1. The van der Waals surface area contributed by atoms with Gasteiger partial charge in [0, 0.05) is 27.9 Å². The molecule has 1 heterocycles. The van der Waals surface area contributed by atoms with E-state index in [4.69, 9.17) is 23.2 Å². The van der Waals surface area contributed by atoms with E-state index >= 15 is 0 Å². The fraction of sp³-hybridized carbons (Fsp3) is 0.250. The van der Waals surface area contributed by atoms with E-state index in [2.05, 4.69) is 15.1 Å². The highest BCUT2D eigenvalue weighted by molar-refractivity contribution is 7.99. The summed E-state index contributed by atoms with van der Waals surface area (Å²) in [5.74, 6) is 0.250. The van der Waals surface area contributed by atoms with Crippen LogP contribution in [-0.4, -0.2) is 16.9 Å². The summed E-state index contributed by atoms with van der Waals surface area (Å²) in [6.45, 7) is 0. The lowest BCUT2D eigenvalue weighted by Gasteiger charge is -2.05. The molecule has 0 aliphatic heterocycles. The zero-order valence-electron chi connectivity index (χ0n) is 11.0. The van der Waals surface area contributed by atoms with Gasteiger partial charge in [-0.2, -0.15) is 0 Å². The molecule has 1 aromatic carbocycles. The van der Waals surface area contributed by atoms with Crippen LogP contribution in [0.5, 0.6) is 0 Å². The van der Waals surface area contributed by atoms with E-state index in [1.54, 1.807) is 25.2 Å². The predicted octanol–water partition coefficient (Wildman–Crippen LogP) is 2.22. The number of aryl methyl sites for hydroxylation is 1. The molecule has 0 aliphatic carbocycles. The number of H-pyrrole nitrogens is 1. The molecule has 0 fully saturated rings. The van der Waals surface area contributed by atoms with Crippen LogP contribution >= 0.6 is 35.0 Å². The molecule has 2 aromatic rings. The van der Waals surface area contributed by atoms with Gasteiger partial charge in [-0.3, -0.25) is 9.32 Å². The normalized spacial score (nSPS) is 10.6. The molecule has 0 spiro atoms. The van der Waals surface area contributed by atoms with Crippen LogP contribution in [0.25, 0.3) is 0 Å². The van der Waals surface area contributed by atoms with Crippen molar-refractivity contribution in [1.29, 1.82) is 0 Å². The molecule has 1 aromatic heterocycles. The molecule has 0 atom stereocenters. The third kappa shape index (κ3) is 4.52. The Morgan fingerprint density at radius 3 is 2.62 bits per heavy atom. The molecule has 0 saturated heterocycles. The van der Waals surface area contributed by atoms with Gasteiger partial charge in [0.15, 0.2) is 7.05 Å². The highest BCUT2D eigenvalue weighted by Gasteiger charge is 2.18.